The van der Waals surface area contributed by atoms with E-state index in [1.54, 1.807) is 20.1 Å². The molecule has 1 heterocycles. The van der Waals surface area contributed by atoms with Crippen LogP contribution in [-0.2, 0) is 21.3 Å². The molecule has 2 N–H and O–H groups in total. The molecule has 0 amide bonds. The highest BCUT2D eigenvalue weighted by atomic mass is 35.5. The molecule has 118 valence electrons. The molecule has 1 aliphatic heterocycles. The first-order valence-corrected chi connectivity index (χ1v) is 8.74. The van der Waals surface area contributed by atoms with Gasteiger partial charge in [0.15, 0.2) is 0 Å². The molecule has 0 aromatic heterocycles. The van der Waals surface area contributed by atoms with E-state index in [2.05, 4.69) is 0 Å². The summed E-state index contributed by atoms with van der Waals surface area (Å²) in [6.07, 6.45) is 1.62. The van der Waals surface area contributed by atoms with Crippen LogP contribution >= 0.6 is 11.6 Å². The van der Waals surface area contributed by atoms with Crippen LogP contribution in [0.15, 0.2) is 17.0 Å². The van der Waals surface area contributed by atoms with Crippen molar-refractivity contribution in [3.05, 3.63) is 28.3 Å². The number of piperidine rings is 1. The molecule has 1 fully saturated rings. The van der Waals surface area contributed by atoms with Gasteiger partial charge in [-0.2, -0.15) is 4.31 Å². The third-order valence-electron chi connectivity index (χ3n) is 3.94. The van der Waals surface area contributed by atoms with Crippen LogP contribution in [0, 0.1) is 6.92 Å². The highest BCUT2D eigenvalue weighted by Crippen LogP contribution is 2.28. The monoisotopic (exact) mass is 332 g/mol. The largest absolute Gasteiger partial charge is 0.380 e. The molecule has 7 heteroatoms. The summed E-state index contributed by atoms with van der Waals surface area (Å²) < 4.78 is 32.5. The van der Waals surface area contributed by atoms with Crippen molar-refractivity contribution >= 4 is 21.6 Å². The van der Waals surface area contributed by atoms with Gasteiger partial charge in [0, 0.05) is 31.8 Å². The summed E-state index contributed by atoms with van der Waals surface area (Å²) >= 11 is 6.04. The Hall–Kier alpha value is -0.660. The third kappa shape index (κ3) is 3.40. The van der Waals surface area contributed by atoms with E-state index < -0.39 is 10.0 Å². The van der Waals surface area contributed by atoms with Crippen LogP contribution in [0.25, 0.3) is 0 Å². The molecule has 0 bridgehead atoms. The summed E-state index contributed by atoms with van der Waals surface area (Å²) in [4.78, 5) is 0.243. The topological polar surface area (TPSA) is 72.6 Å². The Balaban J connectivity index is 2.42. The second-order valence-electron chi connectivity index (χ2n) is 5.26. The zero-order chi connectivity index (χ0) is 15.6. The number of hydrogen-bond donors (Lipinski definition) is 1. The number of nitrogens with two attached hydrogens (primary N) is 1. The van der Waals surface area contributed by atoms with Crippen molar-refractivity contribution in [1.82, 2.24) is 4.31 Å². The van der Waals surface area contributed by atoms with Gasteiger partial charge in [0.05, 0.1) is 11.0 Å². The highest BCUT2D eigenvalue weighted by molar-refractivity contribution is 7.89. The van der Waals surface area contributed by atoms with Crippen LogP contribution in [0.5, 0.6) is 0 Å². The van der Waals surface area contributed by atoms with Crippen molar-refractivity contribution in [2.24, 2.45) is 5.73 Å². The summed E-state index contributed by atoms with van der Waals surface area (Å²) in [6, 6.07) is 3.21. The number of benzene rings is 1. The number of methoxy groups -OCH3 is 1. The molecule has 1 unspecified atom stereocenters. The lowest BCUT2D eigenvalue weighted by atomic mass is 10.1. The summed E-state index contributed by atoms with van der Waals surface area (Å²) in [5, 5.41) is 0.389. The number of halogens is 1. The fraction of sp³-hybridized carbons (Fsp3) is 0.571. The van der Waals surface area contributed by atoms with Crippen molar-refractivity contribution in [2.75, 3.05) is 20.2 Å². The molecule has 21 heavy (non-hydrogen) atoms. The molecule has 1 atom stereocenters. The Morgan fingerprint density at radius 1 is 1.48 bits per heavy atom. The molecule has 1 aromatic carbocycles. The van der Waals surface area contributed by atoms with E-state index in [1.165, 1.54) is 10.4 Å². The molecule has 0 aliphatic carbocycles. The van der Waals surface area contributed by atoms with E-state index >= 15 is 0 Å². The summed E-state index contributed by atoms with van der Waals surface area (Å²) in [5.41, 5.74) is 7.09. The van der Waals surface area contributed by atoms with Gasteiger partial charge >= 0.3 is 0 Å². The standard InChI is InChI=1S/C14H21ClN2O3S/c1-10-11(8-16)6-12(15)7-14(10)21(18,19)17-5-3-4-13(9-17)20-2/h6-7,13H,3-5,8-9,16H2,1-2H3. The predicted molar refractivity (Wildman–Crippen MR) is 82.9 cm³/mol. The van der Waals surface area contributed by atoms with Gasteiger partial charge in [0.1, 0.15) is 0 Å². The summed E-state index contributed by atoms with van der Waals surface area (Å²) in [7, 11) is -1.97. The van der Waals surface area contributed by atoms with Crippen LogP contribution in [0.1, 0.15) is 24.0 Å². The second kappa shape index (κ2) is 6.62. The van der Waals surface area contributed by atoms with Gasteiger partial charge in [-0.05, 0) is 43.0 Å². The molecule has 0 spiro atoms. The molecule has 1 aliphatic rings. The van der Waals surface area contributed by atoms with Crippen molar-refractivity contribution in [3.8, 4) is 0 Å². The fourth-order valence-corrected chi connectivity index (χ4v) is 4.75. The van der Waals surface area contributed by atoms with E-state index in [-0.39, 0.29) is 17.5 Å². The van der Waals surface area contributed by atoms with Gasteiger partial charge in [-0.25, -0.2) is 8.42 Å². The number of ether oxygens (including phenoxy) is 1. The van der Waals surface area contributed by atoms with Crippen molar-refractivity contribution < 1.29 is 13.2 Å². The molecule has 5 nitrogen and oxygen atoms in total. The number of rotatable bonds is 4. The van der Waals surface area contributed by atoms with E-state index in [9.17, 15) is 8.42 Å². The number of hydrogen-bond acceptors (Lipinski definition) is 4. The minimum atomic E-state index is -3.58. The zero-order valence-electron chi connectivity index (χ0n) is 12.3. The lowest BCUT2D eigenvalue weighted by molar-refractivity contribution is 0.0572. The average Bonchev–Trinajstić information content (AvgIpc) is 2.49. The first-order chi connectivity index (χ1) is 9.90. The Morgan fingerprint density at radius 2 is 2.19 bits per heavy atom. The first-order valence-electron chi connectivity index (χ1n) is 6.92. The molecule has 2 rings (SSSR count). The van der Waals surface area contributed by atoms with Crippen molar-refractivity contribution in [1.29, 1.82) is 0 Å². The first kappa shape index (κ1) is 16.7. The normalized spacial score (nSPS) is 20.7. The second-order valence-corrected chi connectivity index (χ2v) is 7.60. The maximum absolute atomic E-state index is 12.9. The Kier molecular flexibility index (Phi) is 5.27. The predicted octanol–water partition coefficient (Wildman–Crippen LogP) is 1.91. The Morgan fingerprint density at radius 3 is 2.81 bits per heavy atom. The molecular weight excluding hydrogens is 312 g/mol. The van der Waals surface area contributed by atoms with Gasteiger partial charge in [-0.1, -0.05) is 11.6 Å². The third-order valence-corrected chi connectivity index (χ3v) is 6.15. The summed E-state index contributed by atoms with van der Waals surface area (Å²) in [5.74, 6) is 0. The van der Waals surface area contributed by atoms with Crippen LogP contribution in [0.4, 0.5) is 0 Å². The highest BCUT2D eigenvalue weighted by Gasteiger charge is 2.31. The minimum absolute atomic E-state index is 0.0537. The average molecular weight is 333 g/mol. The molecular formula is C14H21ClN2O3S. The van der Waals surface area contributed by atoms with Gasteiger partial charge in [-0.3, -0.25) is 0 Å². The van der Waals surface area contributed by atoms with Crippen LogP contribution in [0.2, 0.25) is 5.02 Å². The van der Waals surface area contributed by atoms with Gasteiger partial charge < -0.3 is 10.5 Å². The number of nitrogens with zero attached hydrogens (tertiary/aromatic N) is 1. The van der Waals surface area contributed by atoms with Crippen LogP contribution < -0.4 is 5.73 Å². The fourth-order valence-electron chi connectivity index (χ4n) is 2.64. The van der Waals surface area contributed by atoms with Gasteiger partial charge in [0.2, 0.25) is 10.0 Å². The lowest BCUT2D eigenvalue weighted by Gasteiger charge is -2.31. The van der Waals surface area contributed by atoms with Crippen LogP contribution in [-0.4, -0.2) is 39.0 Å². The van der Waals surface area contributed by atoms with Gasteiger partial charge in [0.25, 0.3) is 0 Å². The number of sulfonamides is 1. The SMILES string of the molecule is COC1CCCN(S(=O)(=O)c2cc(Cl)cc(CN)c2C)C1. The minimum Gasteiger partial charge on any atom is -0.380 e. The quantitative estimate of drug-likeness (QED) is 0.914. The van der Waals surface area contributed by atoms with E-state index in [0.717, 1.165) is 18.4 Å². The molecule has 1 saturated heterocycles. The van der Waals surface area contributed by atoms with E-state index in [1.807, 2.05) is 0 Å². The lowest BCUT2D eigenvalue weighted by Crippen LogP contribution is -2.43. The molecule has 1 aromatic rings. The van der Waals surface area contributed by atoms with E-state index in [0.29, 0.717) is 23.7 Å². The Labute approximate surface area is 131 Å². The molecule has 0 radical (unpaired) electrons. The maximum Gasteiger partial charge on any atom is 0.243 e. The molecule has 0 saturated carbocycles. The smallest absolute Gasteiger partial charge is 0.243 e. The van der Waals surface area contributed by atoms with Crippen molar-refractivity contribution in [3.63, 3.8) is 0 Å². The van der Waals surface area contributed by atoms with Crippen LogP contribution in [0.3, 0.4) is 0 Å². The maximum atomic E-state index is 12.9. The zero-order valence-corrected chi connectivity index (χ0v) is 13.9. The van der Waals surface area contributed by atoms with Gasteiger partial charge in [-0.15, -0.1) is 0 Å². The van der Waals surface area contributed by atoms with Crippen molar-refractivity contribution in [2.45, 2.75) is 37.3 Å². The van der Waals surface area contributed by atoms with E-state index in [4.69, 9.17) is 22.1 Å². The Bertz CT molecular complexity index is 619. The summed E-state index contributed by atoms with van der Waals surface area (Å²) in [6.45, 7) is 2.91.